The molecule has 0 atom stereocenters. The molecule has 6 heteroatoms. The molecule has 0 aliphatic heterocycles. The molecule has 0 radical (unpaired) electrons. The normalized spacial score (nSPS) is 10.9. The molecule has 0 aliphatic carbocycles. The van der Waals surface area contributed by atoms with Crippen molar-refractivity contribution >= 4 is 30.7 Å². The Kier molecular flexibility index (Phi) is 4.59. The van der Waals surface area contributed by atoms with E-state index >= 15 is 0 Å². The molecule has 0 saturated heterocycles. The minimum atomic E-state index is -3.43. The highest BCUT2D eigenvalue weighted by atomic mass is 33.1. The van der Waals surface area contributed by atoms with E-state index < -0.39 is 6.20 Å². The number of hydrogen-bond donors (Lipinski definition) is 0. The van der Waals surface area contributed by atoms with E-state index in [1.54, 1.807) is 6.07 Å². The molecular weight excluding hydrogens is 180 g/mol. The van der Waals surface area contributed by atoms with Crippen molar-refractivity contribution in [1.29, 1.82) is 5.26 Å². The van der Waals surface area contributed by atoms with Gasteiger partial charge in [-0.2, -0.15) is 5.26 Å². The van der Waals surface area contributed by atoms with Crippen molar-refractivity contribution in [2.24, 2.45) is 0 Å². The van der Waals surface area contributed by atoms with Crippen LogP contribution in [0.25, 0.3) is 0 Å². The molecule has 0 aliphatic rings. The zero-order valence-corrected chi connectivity index (χ0v) is 6.94. The Balaban J connectivity index is 3.20. The van der Waals surface area contributed by atoms with Crippen molar-refractivity contribution in [3.8, 4) is 6.07 Å². The van der Waals surface area contributed by atoms with E-state index in [2.05, 4.69) is 29.0 Å². The van der Waals surface area contributed by atoms with E-state index in [1.165, 1.54) is 0 Å². The van der Waals surface area contributed by atoms with E-state index in [-0.39, 0.29) is 13.0 Å². The molecule has 52 valence electrons. The lowest BCUT2D eigenvalue weighted by atomic mass is 10.5. The van der Waals surface area contributed by atoms with Crippen LogP contribution < -0.4 is 0 Å². The third kappa shape index (κ3) is 8.51. The molecular formula is C3H4FNOPS2-. The van der Waals surface area contributed by atoms with Crippen LogP contribution >= 0.6 is 6.20 Å². The second-order valence-electron chi connectivity index (χ2n) is 1.17. The van der Waals surface area contributed by atoms with Gasteiger partial charge in [0.2, 0.25) is 0 Å². The van der Waals surface area contributed by atoms with Gasteiger partial charge in [0, 0.05) is 0 Å². The summed E-state index contributed by atoms with van der Waals surface area (Å²) in [6, 6.07) is 1.77. The highest BCUT2D eigenvalue weighted by molar-refractivity contribution is 8.69. The van der Waals surface area contributed by atoms with Gasteiger partial charge in [0.1, 0.15) is 6.61 Å². The van der Waals surface area contributed by atoms with Crippen molar-refractivity contribution in [3.63, 3.8) is 0 Å². The summed E-state index contributed by atoms with van der Waals surface area (Å²) in [5, 5.41) is 7.95. The summed E-state index contributed by atoms with van der Waals surface area (Å²) in [5.74, 6) is 0. The third-order valence-electron chi connectivity index (χ3n) is 0.459. The molecule has 0 aromatic carbocycles. The van der Waals surface area contributed by atoms with Crippen LogP contribution in [-0.4, -0.2) is 6.61 Å². The number of nitrogens with zero attached hydrogens (tertiary/aromatic N) is 1. The second-order valence-corrected chi connectivity index (χ2v) is 5.80. The minimum Gasteiger partial charge on any atom is -0.510 e. The quantitative estimate of drug-likeness (QED) is 0.379. The van der Waals surface area contributed by atoms with Gasteiger partial charge >= 0.3 is 0 Å². The second kappa shape index (κ2) is 4.35. The molecule has 0 aromatic rings. The van der Waals surface area contributed by atoms with Crippen LogP contribution in [0.1, 0.15) is 6.42 Å². The number of halogens is 1. The largest absolute Gasteiger partial charge is 0.510 e. The lowest BCUT2D eigenvalue weighted by Crippen LogP contribution is -1.88. The van der Waals surface area contributed by atoms with Crippen molar-refractivity contribution in [2.75, 3.05) is 6.61 Å². The van der Waals surface area contributed by atoms with Crippen LogP contribution in [0.3, 0.4) is 0 Å². The van der Waals surface area contributed by atoms with E-state index in [4.69, 9.17) is 5.26 Å². The summed E-state index contributed by atoms with van der Waals surface area (Å²) in [7, 11) is 0. The first-order valence-corrected chi connectivity index (χ1v) is 5.71. The molecule has 0 N–H and O–H groups in total. The SMILES string of the molecule is N#CCCO[P+](F)([S-])[S-]. The standard InChI is InChI=1S/C3H5FNOPS2/c4-7(8,9)6-3-1-2-5/h1,3H2,(H,8,9)/p-1. The van der Waals surface area contributed by atoms with Gasteiger partial charge < -0.3 is 24.5 Å². The molecule has 0 amide bonds. The van der Waals surface area contributed by atoms with Crippen LogP contribution in [0.15, 0.2) is 0 Å². The first-order valence-electron chi connectivity index (χ1n) is 2.08. The van der Waals surface area contributed by atoms with E-state index in [1.807, 2.05) is 0 Å². The molecule has 2 nitrogen and oxygen atoms in total. The van der Waals surface area contributed by atoms with Gasteiger partial charge in [-0.25, -0.2) is 4.52 Å². The lowest BCUT2D eigenvalue weighted by Gasteiger charge is -2.23. The topological polar surface area (TPSA) is 33.0 Å². The Morgan fingerprint density at radius 3 is 2.56 bits per heavy atom. The van der Waals surface area contributed by atoms with Gasteiger partial charge in [0.25, 0.3) is 0 Å². The zero-order valence-electron chi connectivity index (χ0n) is 4.41. The van der Waals surface area contributed by atoms with Crippen LogP contribution in [-0.2, 0) is 29.0 Å². The highest BCUT2D eigenvalue weighted by Crippen LogP contribution is 2.57. The molecule has 0 fully saturated rings. The Bertz CT molecular complexity index is 120. The van der Waals surface area contributed by atoms with Gasteiger partial charge in [-0.15, -0.1) is 0 Å². The fraction of sp³-hybridized carbons (Fsp3) is 0.667. The van der Waals surface area contributed by atoms with Gasteiger partial charge in [-0.1, -0.05) is 4.20 Å². The molecule has 0 saturated carbocycles. The summed E-state index contributed by atoms with van der Waals surface area (Å²) >= 11 is 8.25. The van der Waals surface area contributed by atoms with Gasteiger partial charge in [0.05, 0.1) is 18.7 Å². The molecule has 0 rings (SSSR count). The van der Waals surface area contributed by atoms with Gasteiger partial charge in [-0.05, 0) is 0 Å². The van der Waals surface area contributed by atoms with Crippen LogP contribution in [0.2, 0.25) is 0 Å². The van der Waals surface area contributed by atoms with Crippen LogP contribution in [0.5, 0.6) is 0 Å². The maximum atomic E-state index is 12.1. The predicted octanol–water partition coefficient (Wildman–Crippen LogP) is 1.66. The molecule has 0 bridgehead atoms. The average molecular weight is 184 g/mol. The minimum absolute atomic E-state index is 0.00772. The Labute approximate surface area is 64.2 Å². The molecule has 0 aromatic heterocycles. The Hall–Kier alpha value is 0.510. The maximum Gasteiger partial charge on any atom is 0.103 e. The fourth-order valence-corrected chi connectivity index (χ4v) is 0.957. The third-order valence-corrected chi connectivity index (χ3v) is 1.58. The summed E-state index contributed by atoms with van der Waals surface area (Å²) in [4.78, 5) is 0. The van der Waals surface area contributed by atoms with Gasteiger partial charge in [0.15, 0.2) is 0 Å². The monoisotopic (exact) mass is 184 g/mol. The molecule has 0 unspecified atom stereocenters. The first-order chi connectivity index (χ1) is 4.06. The van der Waals surface area contributed by atoms with Crippen LogP contribution in [0, 0.1) is 11.3 Å². The maximum absolute atomic E-state index is 12.1. The predicted molar refractivity (Wildman–Crippen MR) is 38.9 cm³/mol. The lowest BCUT2D eigenvalue weighted by molar-refractivity contribution is 0.349. The van der Waals surface area contributed by atoms with Crippen molar-refractivity contribution in [2.45, 2.75) is 6.42 Å². The summed E-state index contributed by atoms with van der Waals surface area (Å²) in [5.41, 5.74) is 0. The van der Waals surface area contributed by atoms with Crippen molar-refractivity contribution < 1.29 is 8.72 Å². The van der Waals surface area contributed by atoms with Crippen LogP contribution in [0.4, 0.5) is 4.20 Å². The highest BCUT2D eigenvalue weighted by Gasteiger charge is 2.04. The van der Waals surface area contributed by atoms with Crippen molar-refractivity contribution in [3.05, 3.63) is 0 Å². The van der Waals surface area contributed by atoms with Gasteiger partial charge in [-0.3, -0.25) is 0 Å². The average Bonchev–Trinajstić information content (AvgIpc) is 1.63. The molecule has 0 heterocycles. The summed E-state index contributed by atoms with van der Waals surface area (Å²) in [6.45, 7) is 0.00772. The smallest absolute Gasteiger partial charge is 0.103 e. The zero-order chi connectivity index (χ0) is 7.33. The summed E-state index contributed by atoms with van der Waals surface area (Å²) < 4.78 is 16.4. The fourth-order valence-electron chi connectivity index (χ4n) is 0.200. The number of hydrogen-bond acceptors (Lipinski definition) is 4. The Morgan fingerprint density at radius 2 is 2.22 bits per heavy atom. The van der Waals surface area contributed by atoms with E-state index in [0.717, 1.165) is 0 Å². The first kappa shape index (κ1) is 9.51. The molecule has 9 heavy (non-hydrogen) atoms. The van der Waals surface area contributed by atoms with E-state index in [0.29, 0.717) is 0 Å². The Morgan fingerprint density at radius 1 is 1.67 bits per heavy atom. The summed E-state index contributed by atoms with van der Waals surface area (Å²) in [6.07, 6.45) is -3.29. The molecule has 0 spiro atoms. The van der Waals surface area contributed by atoms with E-state index in [9.17, 15) is 4.20 Å². The number of rotatable bonds is 3. The number of nitriles is 1. The van der Waals surface area contributed by atoms with Crippen molar-refractivity contribution in [1.82, 2.24) is 0 Å².